The number of H-pyrrole nitrogens is 1. The Hall–Kier alpha value is -3.92. The van der Waals surface area contributed by atoms with Crippen molar-refractivity contribution in [2.75, 3.05) is 48.7 Å². The summed E-state index contributed by atoms with van der Waals surface area (Å²) in [5.41, 5.74) is 10.7. The zero-order chi connectivity index (χ0) is 27.8. The van der Waals surface area contributed by atoms with Crippen LogP contribution in [0.15, 0.2) is 36.4 Å². The Bertz CT molecular complexity index is 1530. The van der Waals surface area contributed by atoms with Gasteiger partial charge >= 0.3 is 6.01 Å². The molecule has 0 aliphatic carbocycles. The summed E-state index contributed by atoms with van der Waals surface area (Å²) in [5.74, 6) is 1.88. The zero-order valence-electron chi connectivity index (χ0n) is 23.8. The summed E-state index contributed by atoms with van der Waals surface area (Å²) in [6.07, 6.45) is 7.40. The summed E-state index contributed by atoms with van der Waals surface area (Å²) >= 11 is 0. The second-order valence-corrected chi connectivity index (χ2v) is 11.6. The van der Waals surface area contributed by atoms with Crippen LogP contribution in [0, 0.1) is 0 Å². The van der Waals surface area contributed by atoms with Crippen LogP contribution >= 0.6 is 0 Å². The Kier molecular flexibility index (Phi) is 6.86. The van der Waals surface area contributed by atoms with Gasteiger partial charge in [-0.3, -0.25) is 10.00 Å². The maximum absolute atomic E-state index is 6.45. The van der Waals surface area contributed by atoms with Crippen molar-refractivity contribution < 1.29 is 4.74 Å². The van der Waals surface area contributed by atoms with Gasteiger partial charge in [0.2, 0.25) is 5.95 Å². The number of anilines is 3. The van der Waals surface area contributed by atoms with E-state index >= 15 is 0 Å². The number of hydrogen-bond acceptors (Lipinski definition) is 9. The number of rotatable bonds is 9. The number of nitrogens with zero attached hydrogens (tertiary/aromatic N) is 6. The van der Waals surface area contributed by atoms with Gasteiger partial charge in [0.15, 0.2) is 0 Å². The van der Waals surface area contributed by atoms with Crippen LogP contribution < -0.4 is 20.7 Å². The predicted molar refractivity (Wildman–Crippen MR) is 161 cm³/mol. The molecule has 3 aliphatic rings. The Balaban J connectivity index is 1.18. The van der Waals surface area contributed by atoms with E-state index in [1.807, 2.05) is 0 Å². The maximum atomic E-state index is 6.45. The Labute approximate surface area is 240 Å². The van der Waals surface area contributed by atoms with Gasteiger partial charge in [0, 0.05) is 36.1 Å². The molecule has 10 nitrogen and oxygen atoms in total. The van der Waals surface area contributed by atoms with Crippen molar-refractivity contribution in [2.24, 2.45) is 0 Å². The van der Waals surface area contributed by atoms with Crippen LogP contribution in [0.2, 0.25) is 0 Å². The fourth-order valence-corrected chi connectivity index (χ4v) is 7.16. The molecule has 0 bridgehead atoms. The molecule has 2 fully saturated rings. The molecule has 214 valence electrons. The molecule has 0 amide bonds. The second kappa shape index (κ2) is 10.8. The van der Waals surface area contributed by atoms with Crippen LogP contribution in [0.3, 0.4) is 0 Å². The minimum atomic E-state index is 0.143. The zero-order valence-corrected chi connectivity index (χ0v) is 23.8. The SMILES string of the molecule is CCc1cccc2cccc(N3CCc4c(nc(OCC56CCCN5CCC6)nc4NCCc4nc(N)n[nH]4)C3)c12. The lowest BCUT2D eigenvalue weighted by Crippen LogP contribution is -2.43. The highest BCUT2D eigenvalue weighted by atomic mass is 16.5. The van der Waals surface area contributed by atoms with Crippen LogP contribution in [-0.2, 0) is 25.8 Å². The highest BCUT2D eigenvalue weighted by Gasteiger charge is 2.45. The summed E-state index contributed by atoms with van der Waals surface area (Å²) < 4.78 is 6.45. The summed E-state index contributed by atoms with van der Waals surface area (Å²) in [4.78, 5) is 19.3. The van der Waals surface area contributed by atoms with Gasteiger partial charge in [-0.2, -0.15) is 15.0 Å². The van der Waals surface area contributed by atoms with Crippen molar-refractivity contribution >= 4 is 28.2 Å². The van der Waals surface area contributed by atoms with Crippen LogP contribution in [-0.4, -0.2) is 68.4 Å². The molecule has 5 heterocycles. The molecule has 10 heteroatoms. The fraction of sp³-hybridized carbons (Fsp3) is 0.484. The van der Waals surface area contributed by atoms with E-state index in [2.05, 4.69) is 73.6 Å². The van der Waals surface area contributed by atoms with Gasteiger partial charge in [-0.1, -0.05) is 37.3 Å². The van der Waals surface area contributed by atoms with Gasteiger partial charge in [0.05, 0.1) is 17.8 Å². The molecule has 7 rings (SSSR count). The minimum absolute atomic E-state index is 0.143. The van der Waals surface area contributed by atoms with Crippen LogP contribution in [0.1, 0.15) is 55.3 Å². The summed E-state index contributed by atoms with van der Waals surface area (Å²) in [7, 11) is 0. The average Bonchev–Trinajstić information content (AvgIpc) is 3.71. The van der Waals surface area contributed by atoms with E-state index in [9.17, 15) is 0 Å². The number of aryl methyl sites for hydroxylation is 1. The van der Waals surface area contributed by atoms with E-state index in [1.54, 1.807) is 0 Å². The van der Waals surface area contributed by atoms with Crippen LogP contribution in [0.5, 0.6) is 6.01 Å². The number of hydrogen-bond donors (Lipinski definition) is 3. The standard InChI is InChI=1S/C31H39N9O/c1-2-21-7-3-8-22-9-4-10-25(27(21)22)39-18-12-23-24(19-39)34-30(41-20-31-13-5-16-40(31)17-6-14-31)36-28(23)33-15-11-26-35-29(32)38-37-26/h3-4,7-10H,2,5-6,11-20H2,1H3,(H,33,34,36)(H3,32,35,37,38). The molecule has 0 radical (unpaired) electrons. The lowest BCUT2D eigenvalue weighted by molar-refractivity contribution is 0.107. The molecule has 3 aliphatic heterocycles. The third kappa shape index (κ3) is 4.94. The van der Waals surface area contributed by atoms with Gasteiger partial charge in [0.1, 0.15) is 18.2 Å². The molecule has 41 heavy (non-hydrogen) atoms. The minimum Gasteiger partial charge on any atom is -0.461 e. The van der Waals surface area contributed by atoms with Crippen molar-refractivity contribution in [3.8, 4) is 6.01 Å². The highest BCUT2D eigenvalue weighted by molar-refractivity contribution is 5.97. The second-order valence-electron chi connectivity index (χ2n) is 11.6. The maximum Gasteiger partial charge on any atom is 0.318 e. The number of fused-ring (bicyclic) bond motifs is 3. The van der Waals surface area contributed by atoms with E-state index < -0.39 is 0 Å². The van der Waals surface area contributed by atoms with Gasteiger partial charge in [-0.05, 0) is 68.6 Å². The first-order valence-corrected chi connectivity index (χ1v) is 15.1. The molecule has 0 atom stereocenters. The number of benzene rings is 2. The fourth-order valence-electron chi connectivity index (χ4n) is 7.16. The van der Waals surface area contributed by atoms with Gasteiger partial charge in [-0.25, -0.2) is 0 Å². The monoisotopic (exact) mass is 553 g/mol. The van der Waals surface area contributed by atoms with E-state index in [4.69, 9.17) is 20.4 Å². The summed E-state index contributed by atoms with van der Waals surface area (Å²) in [6.45, 7) is 7.50. The first kappa shape index (κ1) is 26.0. The van der Waals surface area contributed by atoms with Crippen molar-refractivity contribution in [2.45, 2.75) is 64.0 Å². The summed E-state index contributed by atoms with van der Waals surface area (Å²) in [6, 6.07) is 13.7. The molecule has 2 aromatic heterocycles. The third-order valence-corrected chi connectivity index (χ3v) is 9.22. The number of ether oxygens (including phenoxy) is 1. The van der Waals surface area contributed by atoms with E-state index in [0.29, 0.717) is 25.6 Å². The normalized spacial score (nSPS) is 18.0. The molecule has 2 saturated heterocycles. The molecule has 0 unspecified atom stereocenters. The Morgan fingerprint density at radius 2 is 1.88 bits per heavy atom. The van der Waals surface area contributed by atoms with Crippen molar-refractivity contribution in [3.63, 3.8) is 0 Å². The third-order valence-electron chi connectivity index (χ3n) is 9.22. The highest BCUT2D eigenvalue weighted by Crippen LogP contribution is 2.39. The molecule has 0 spiro atoms. The molecule has 4 aromatic rings. The molecule has 2 aromatic carbocycles. The Morgan fingerprint density at radius 1 is 1.05 bits per heavy atom. The molecular weight excluding hydrogens is 514 g/mol. The van der Waals surface area contributed by atoms with Gasteiger partial charge in [0.25, 0.3) is 0 Å². The van der Waals surface area contributed by atoms with Gasteiger partial charge in [-0.15, -0.1) is 5.10 Å². The molecule has 0 saturated carbocycles. The first-order chi connectivity index (χ1) is 20.1. The number of nitrogens with one attached hydrogen (secondary N) is 2. The lowest BCUT2D eigenvalue weighted by Gasteiger charge is -2.33. The lowest BCUT2D eigenvalue weighted by atomic mass is 9.95. The van der Waals surface area contributed by atoms with E-state index in [-0.39, 0.29) is 11.5 Å². The quantitative estimate of drug-likeness (QED) is 0.281. The average molecular weight is 554 g/mol. The molecular formula is C31H39N9O. The topological polar surface area (TPSA) is 121 Å². The van der Waals surface area contributed by atoms with Crippen LogP contribution in [0.25, 0.3) is 10.8 Å². The van der Waals surface area contributed by atoms with Crippen molar-refractivity contribution in [1.82, 2.24) is 30.0 Å². The molecule has 4 N–H and O–H groups in total. The Morgan fingerprint density at radius 3 is 2.66 bits per heavy atom. The van der Waals surface area contributed by atoms with Crippen molar-refractivity contribution in [3.05, 3.63) is 59.0 Å². The first-order valence-electron chi connectivity index (χ1n) is 15.1. The van der Waals surface area contributed by atoms with Gasteiger partial charge < -0.3 is 20.7 Å². The van der Waals surface area contributed by atoms with E-state index in [0.717, 1.165) is 43.3 Å². The number of nitrogen functional groups attached to an aromatic ring is 1. The largest absolute Gasteiger partial charge is 0.461 e. The predicted octanol–water partition coefficient (Wildman–Crippen LogP) is 4.12. The summed E-state index contributed by atoms with van der Waals surface area (Å²) in [5, 5.41) is 13.0. The number of nitrogens with two attached hydrogens (primary N) is 1. The van der Waals surface area contributed by atoms with E-state index in [1.165, 1.54) is 66.4 Å². The van der Waals surface area contributed by atoms with Crippen molar-refractivity contribution in [1.29, 1.82) is 0 Å². The number of aromatic nitrogens is 5. The van der Waals surface area contributed by atoms with Crippen LogP contribution in [0.4, 0.5) is 17.5 Å². The number of aromatic amines is 1. The smallest absolute Gasteiger partial charge is 0.318 e.